The van der Waals surface area contributed by atoms with Crippen molar-refractivity contribution in [2.24, 2.45) is 5.92 Å². The van der Waals surface area contributed by atoms with Crippen molar-refractivity contribution in [1.29, 1.82) is 0 Å². The van der Waals surface area contributed by atoms with Gasteiger partial charge in [0.2, 0.25) is 0 Å². The Morgan fingerprint density at radius 1 is 1.32 bits per heavy atom. The summed E-state index contributed by atoms with van der Waals surface area (Å²) in [5.41, 5.74) is 0.363. The van der Waals surface area contributed by atoms with Gasteiger partial charge in [-0.1, -0.05) is 13.8 Å². The number of ether oxygens (including phenoxy) is 1. The molecule has 0 fully saturated rings. The SMILES string of the molecule is Cc1cc(C(=O)OCC(=O)N[C@@H](C)C(C)C)c(C)o1. The Morgan fingerprint density at radius 3 is 2.42 bits per heavy atom. The first-order chi connectivity index (χ1) is 8.81. The molecule has 106 valence electrons. The van der Waals surface area contributed by atoms with Crippen LogP contribution in [0.4, 0.5) is 0 Å². The molecule has 5 nitrogen and oxygen atoms in total. The van der Waals surface area contributed by atoms with Crippen molar-refractivity contribution in [1.82, 2.24) is 5.32 Å². The quantitative estimate of drug-likeness (QED) is 0.830. The van der Waals surface area contributed by atoms with Crippen LogP contribution in [0.3, 0.4) is 0 Å². The normalized spacial score (nSPS) is 12.3. The van der Waals surface area contributed by atoms with Gasteiger partial charge in [0.15, 0.2) is 6.61 Å². The van der Waals surface area contributed by atoms with Crippen molar-refractivity contribution < 1.29 is 18.7 Å². The van der Waals surface area contributed by atoms with Gasteiger partial charge in [-0.15, -0.1) is 0 Å². The lowest BCUT2D eigenvalue weighted by Gasteiger charge is -2.17. The molecule has 1 heterocycles. The number of furan rings is 1. The minimum atomic E-state index is -0.540. The molecule has 0 saturated heterocycles. The molecule has 1 amide bonds. The topological polar surface area (TPSA) is 68.5 Å². The summed E-state index contributed by atoms with van der Waals surface area (Å²) in [5.74, 6) is 0.633. The third-order valence-electron chi connectivity index (χ3n) is 2.98. The molecule has 19 heavy (non-hydrogen) atoms. The summed E-state index contributed by atoms with van der Waals surface area (Å²) in [6.07, 6.45) is 0. The second-order valence-electron chi connectivity index (χ2n) is 5.00. The first kappa shape index (κ1) is 15.3. The second-order valence-corrected chi connectivity index (χ2v) is 5.00. The zero-order valence-electron chi connectivity index (χ0n) is 12.1. The molecule has 1 rings (SSSR count). The molecule has 0 aromatic carbocycles. The highest BCUT2D eigenvalue weighted by molar-refractivity contribution is 5.92. The predicted molar refractivity (Wildman–Crippen MR) is 70.9 cm³/mol. The van der Waals surface area contributed by atoms with Crippen LogP contribution in [-0.4, -0.2) is 24.5 Å². The van der Waals surface area contributed by atoms with E-state index in [1.54, 1.807) is 19.9 Å². The number of nitrogens with one attached hydrogen (secondary N) is 1. The Kier molecular flexibility index (Phi) is 5.15. The average Bonchev–Trinajstić information content (AvgIpc) is 2.65. The molecule has 0 aliphatic heterocycles. The number of hydrogen-bond acceptors (Lipinski definition) is 4. The van der Waals surface area contributed by atoms with E-state index >= 15 is 0 Å². The van der Waals surface area contributed by atoms with Gasteiger partial charge in [0.05, 0.1) is 0 Å². The van der Waals surface area contributed by atoms with E-state index in [2.05, 4.69) is 5.32 Å². The summed E-state index contributed by atoms with van der Waals surface area (Å²) in [4.78, 5) is 23.3. The van der Waals surface area contributed by atoms with Crippen LogP contribution in [0.5, 0.6) is 0 Å². The Morgan fingerprint density at radius 2 is 1.95 bits per heavy atom. The molecule has 0 aliphatic carbocycles. The van der Waals surface area contributed by atoms with Crippen LogP contribution in [0.15, 0.2) is 10.5 Å². The van der Waals surface area contributed by atoms with Crippen molar-refractivity contribution >= 4 is 11.9 Å². The molecule has 1 aromatic heterocycles. The molecule has 0 bridgehead atoms. The first-order valence-electron chi connectivity index (χ1n) is 6.34. The molecule has 5 heteroatoms. The van der Waals surface area contributed by atoms with Crippen LogP contribution in [-0.2, 0) is 9.53 Å². The highest BCUT2D eigenvalue weighted by Gasteiger charge is 2.17. The number of aryl methyl sites for hydroxylation is 2. The third-order valence-corrected chi connectivity index (χ3v) is 2.98. The smallest absolute Gasteiger partial charge is 0.342 e. The van der Waals surface area contributed by atoms with E-state index in [0.29, 0.717) is 23.0 Å². The average molecular weight is 267 g/mol. The minimum Gasteiger partial charge on any atom is -0.466 e. The molecule has 0 unspecified atom stereocenters. The van der Waals surface area contributed by atoms with Gasteiger partial charge >= 0.3 is 5.97 Å². The van der Waals surface area contributed by atoms with Gasteiger partial charge in [-0.05, 0) is 32.8 Å². The van der Waals surface area contributed by atoms with E-state index in [0.717, 1.165) is 0 Å². The number of hydrogen-bond donors (Lipinski definition) is 1. The molecular weight excluding hydrogens is 246 g/mol. The van der Waals surface area contributed by atoms with E-state index in [1.807, 2.05) is 20.8 Å². The van der Waals surface area contributed by atoms with Crippen molar-refractivity contribution in [3.05, 3.63) is 23.2 Å². The summed E-state index contributed by atoms with van der Waals surface area (Å²) in [6, 6.07) is 1.65. The lowest BCUT2D eigenvalue weighted by Crippen LogP contribution is -2.38. The summed E-state index contributed by atoms with van der Waals surface area (Å²) in [6.45, 7) is 9.09. The molecule has 0 radical (unpaired) electrons. The Hall–Kier alpha value is -1.78. The van der Waals surface area contributed by atoms with Crippen molar-refractivity contribution in [3.63, 3.8) is 0 Å². The fraction of sp³-hybridized carbons (Fsp3) is 0.571. The van der Waals surface area contributed by atoms with Gasteiger partial charge in [0.1, 0.15) is 17.1 Å². The number of esters is 1. The van der Waals surface area contributed by atoms with Gasteiger partial charge in [-0.25, -0.2) is 4.79 Å². The molecule has 1 N–H and O–H groups in total. The molecule has 0 saturated carbocycles. The van der Waals surface area contributed by atoms with Gasteiger partial charge in [-0.2, -0.15) is 0 Å². The third kappa shape index (κ3) is 4.43. The van der Waals surface area contributed by atoms with E-state index in [9.17, 15) is 9.59 Å². The fourth-order valence-corrected chi connectivity index (χ4v) is 1.50. The maximum atomic E-state index is 11.7. The first-order valence-corrected chi connectivity index (χ1v) is 6.34. The molecular formula is C14H21NO4. The van der Waals surface area contributed by atoms with Crippen molar-refractivity contribution in [3.8, 4) is 0 Å². The zero-order chi connectivity index (χ0) is 14.6. The standard InChI is InChI=1S/C14H21NO4/c1-8(2)10(4)15-13(16)7-18-14(17)12-6-9(3)19-11(12)5/h6,8,10H,7H2,1-5H3,(H,15,16)/t10-/m0/s1. The van der Waals surface area contributed by atoms with Crippen LogP contribution >= 0.6 is 0 Å². The monoisotopic (exact) mass is 267 g/mol. The van der Waals surface area contributed by atoms with Crippen LogP contribution in [0.25, 0.3) is 0 Å². The van der Waals surface area contributed by atoms with Crippen LogP contribution in [0.1, 0.15) is 42.6 Å². The summed E-state index contributed by atoms with van der Waals surface area (Å²) >= 11 is 0. The van der Waals surface area contributed by atoms with Gasteiger partial charge < -0.3 is 14.5 Å². The van der Waals surface area contributed by atoms with Crippen LogP contribution in [0.2, 0.25) is 0 Å². The predicted octanol–water partition coefficient (Wildman–Crippen LogP) is 2.21. The zero-order valence-corrected chi connectivity index (χ0v) is 12.1. The van der Waals surface area contributed by atoms with Crippen molar-refractivity contribution in [2.45, 2.75) is 40.7 Å². The molecule has 1 atom stereocenters. The van der Waals surface area contributed by atoms with Gasteiger partial charge in [-0.3, -0.25) is 4.79 Å². The second kappa shape index (κ2) is 6.41. The van der Waals surface area contributed by atoms with E-state index in [1.165, 1.54) is 0 Å². The van der Waals surface area contributed by atoms with Gasteiger partial charge in [0, 0.05) is 6.04 Å². The number of rotatable bonds is 5. The molecule has 0 spiro atoms. The van der Waals surface area contributed by atoms with Crippen molar-refractivity contribution in [2.75, 3.05) is 6.61 Å². The summed E-state index contributed by atoms with van der Waals surface area (Å²) in [7, 11) is 0. The highest BCUT2D eigenvalue weighted by atomic mass is 16.5. The Bertz CT molecular complexity index is 462. The lowest BCUT2D eigenvalue weighted by molar-refractivity contribution is -0.125. The van der Waals surface area contributed by atoms with Crippen LogP contribution in [0, 0.1) is 19.8 Å². The lowest BCUT2D eigenvalue weighted by atomic mass is 10.1. The summed E-state index contributed by atoms with van der Waals surface area (Å²) < 4.78 is 10.2. The number of carbonyl (C=O) groups excluding carboxylic acids is 2. The fourth-order valence-electron chi connectivity index (χ4n) is 1.50. The summed E-state index contributed by atoms with van der Waals surface area (Å²) in [5, 5.41) is 2.77. The van der Waals surface area contributed by atoms with Gasteiger partial charge in [0.25, 0.3) is 5.91 Å². The largest absolute Gasteiger partial charge is 0.466 e. The van der Waals surface area contributed by atoms with Crippen LogP contribution < -0.4 is 5.32 Å². The highest BCUT2D eigenvalue weighted by Crippen LogP contribution is 2.14. The molecule has 0 aliphatic rings. The van der Waals surface area contributed by atoms with E-state index < -0.39 is 5.97 Å². The molecule has 1 aromatic rings. The maximum Gasteiger partial charge on any atom is 0.342 e. The Balaban J connectivity index is 2.47. The van der Waals surface area contributed by atoms with E-state index in [4.69, 9.17) is 9.15 Å². The number of amides is 1. The Labute approximate surface area is 113 Å². The minimum absolute atomic E-state index is 0.0455. The van der Waals surface area contributed by atoms with E-state index in [-0.39, 0.29) is 18.6 Å². The maximum absolute atomic E-state index is 11.7. The number of carbonyl (C=O) groups is 2.